The van der Waals surface area contributed by atoms with Crippen molar-refractivity contribution in [2.24, 2.45) is 0 Å². The topological polar surface area (TPSA) is 13.0 Å². The molecule has 0 saturated heterocycles. The maximum absolute atomic E-state index is 2.62. The molecule has 20 rings (SSSR count). The van der Waals surface area contributed by atoms with Gasteiger partial charge in [0, 0.05) is 93.3 Å². The van der Waals surface area contributed by atoms with Gasteiger partial charge in [0.05, 0.1) is 0 Å². The number of benzene rings is 14. The Morgan fingerprint density at radius 3 is 1.24 bits per heavy atom. The Bertz CT molecular complexity index is 6270. The molecule has 0 aromatic heterocycles. The van der Waals surface area contributed by atoms with E-state index in [-0.39, 0.29) is 32.5 Å². The molecule has 4 nitrogen and oxygen atoms in total. The molecule has 14 aromatic rings. The summed E-state index contributed by atoms with van der Waals surface area (Å²) in [6.45, 7) is 30.6. The first-order chi connectivity index (χ1) is 54.0. The van der Waals surface area contributed by atoms with Crippen LogP contribution in [0.15, 0.2) is 273 Å². The van der Waals surface area contributed by atoms with E-state index in [4.69, 9.17) is 0 Å². The molecule has 0 N–H and O–H groups in total. The lowest BCUT2D eigenvalue weighted by atomic mass is 9.70. The van der Waals surface area contributed by atoms with E-state index in [2.05, 4.69) is 393 Å². The predicted octanol–water partition coefficient (Wildman–Crippen LogP) is 28.3. The Morgan fingerprint density at radius 1 is 0.259 bits per heavy atom. The molecule has 112 heavy (non-hydrogen) atoms. The molecule has 0 amide bonds. The van der Waals surface area contributed by atoms with E-state index in [0.29, 0.717) is 0 Å². The van der Waals surface area contributed by atoms with Gasteiger partial charge < -0.3 is 19.6 Å². The second-order valence-corrected chi connectivity index (χ2v) is 36.6. The number of hydrogen-bond acceptors (Lipinski definition) is 4. The van der Waals surface area contributed by atoms with Crippen LogP contribution >= 0.6 is 0 Å². The van der Waals surface area contributed by atoms with E-state index in [9.17, 15) is 0 Å². The second-order valence-electron chi connectivity index (χ2n) is 36.6. The fourth-order valence-electron chi connectivity index (χ4n) is 20.8. The molecule has 2 aliphatic carbocycles. The maximum atomic E-state index is 2.62. The summed E-state index contributed by atoms with van der Waals surface area (Å²) < 4.78 is 0. The lowest BCUT2D eigenvalue weighted by Crippen LogP contribution is -2.38. The van der Waals surface area contributed by atoms with Crippen LogP contribution in [0.4, 0.5) is 45.5 Å². The summed E-state index contributed by atoms with van der Waals surface area (Å²) in [6, 6.07) is 105. The molecule has 14 aromatic carbocycles. The average Bonchev–Trinajstić information content (AvgIpc) is 1.48. The SMILES string of the molecule is CC1(C)CCN(c2ccc3c(c2)C(C)(C)c2cc(C=Cc4ccc5c(ccc6cc(N7CCC(C)(Cc8ccc9c(c8)C(C)(C)CCN9c8ccc9c(c8)C(C)(C)c8cc(C=Cc%10ccc(-c%11ccc(N%12CCC(C)(C)c%13ccccc%13%12)c%12ccccc%11%12)cc%10)ccc8-9)c8ccccc87)ccc65)c4)ccc2-3)c2ccccc21. The van der Waals surface area contributed by atoms with Gasteiger partial charge in [-0.1, -0.05) is 301 Å². The van der Waals surface area contributed by atoms with Crippen molar-refractivity contribution in [2.75, 3.05) is 45.8 Å². The highest BCUT2D eigenvalue weighted by atomic mass is 15.2. The molecule has 4 heteroatoms. The number of rotatable bonds is 11. The molecule has 4 aliphatic heterocycles. The minimum absolute atomic E-state index is 0.0330. The van der Waals surface area contributed by atoms with Gasteiger partial charge in [-0.05, 0) is 254 Å². The quantitative estimate of drug-likeness (QED) is 0.0945. The summed E-state index contributed by atoms with van der Waals surface area (Å²) in [4.78, 5) is 10.3. The first kappa shape index (κ1) is 69.7. The summed E-state index contributed by atoms with van der Waals surface area (Å²) in [5.74, 6) is 0. The molecule has 0 spiro atoms. The molecular formula is C108H100N4. The summed E-state index contributed by atoms with van der Waals surface area (Å²) >= 11 is 0. The molecule has 0 fully saturated rings. The Labute approximate surface area is 663 Å². The fraction of sp³-hybridized carbons (Fsp3) is 0.241. The highest BCUT2D eigenvalue weighted by Crippen LogP contribution is 2.56. The number of para-hydroxylation sites is 3. The minimum Gasteiger partial charge on any atom is -0.341 e. The highest BCUT2D eigenvalue weighted by molar-refractivity contribution is 6.09. The van der Waals surface area contributed by atoms with Crippen molar-refractivity contribution < 1.29 is 0 Å². The Morgan fingerprint density at radius 2 is 0.652 bits per heavy atom. The molecule has 4 heterocycles. The number of hydrogen-bond donors (Lipinski definition) is 0. The van der Waals surface area contributed by atoms with Crippen LogP contribution in [-0.4, -0.2) is 26.2 Å². The van der Waals surface area contributed by atoms with Crippen molar-refractivity contribution in [2.45, 2.75) is 141 Å². The zero-order chi connectivity index (χ0) is 76.4. The van der Waals surface area contributed by atoms with Crippen LogP contribution < -0.4 is 19.6 Å². The summed E-state index contributed by atoms with van der Waals surface area (Å²) in [7, 11) is 0. The monoisotopic (exact) mass is 1450 g/mol. The average molecular weight is 1450 g/mol. The second kappa shape index (κ2) is 25.8. The van der Waals surface area contributed by atoms with E-state index in [1.807, 2.05) is 0 Å². The van der Waals surface area contributed by atoms with Crippen LogP contribution in [0, 0.1) is 0 Å². The summed E-state index contributed by atoms with van der Waals surface area (Å²) in [6.07, 6.45) is 14.5. The first-order valence-electron chi connectivity index (χ1n) is 41.1. The van der Waals surface area contributed by atoms with E-state index >= 15 is 0 Å². The Balaban J connectivity index is 0.506. The zero-order valence-electron chi connectivity index (χ0n) is 66.9. The third-order valence-electron chi connectivity index (χ3n) is 27.6. The molecule has 0 radical (unpaired) electrons. The van der Waals surface area contributed by atoms with E-state index in [1.54, 1.807) is 0 Å². The van der Waals surface area contributed by atoms with Crippen molar-refractivity contribution >= 4 is 102 Å². The van der Waals surface area contributed by atoms with Gasteiger partial charge in [0.15, 0.2) is 0 Å². The van der Waals surface area contributed by atoms with Crippen LogP contribution in [0.5, 0.6) is 0 Å². The van der Waals surface area contributed by atoms with Crippen LogP contribution in [-0.2, 0) is 38.9 Å². The first-order valence-corrected chi connectivity index (χ1v) is 41.1. The third kappa shape index (κ3) is 11.4. The van der Waals surface area contributed by atoms with Gasteiger partial charge in [-0.3, -0.25) is 0 Å². The molecule has 0 bridgehead atoms. The van der Waals surface area contributed by atoms with Gasteiger partial charge in [0.2, 0.25) is 0 Å². The van der Waals surface area contributed by atoms with Crippen molar-refractivity contribution in [3.8, 4) is 33.4 Å². The lowest BCUT2D eigenvalue weighted by molar-refractivity contribution is 0.419. The van der Waals surface area contributed by atoms with Crippen LogP contribution in [0.25, 0.3) is 90.0 Å². The number of anilines is 8. The number of fused-ring (bicyclic) bond motifs is 14. The molecule has 0 saturated carbocycles. The standard InChI is InChI=1S/C108H100N4/c1-103(2)54-58-109(99-25-17-14-22-90(99)103)79-43-49-87-86-47-36-73(64-94(86)107(9,10)95(87)67-79)31-30-71-34-45-82-76(62-71)40-41-77-66-78(42-48-83(77)82)111-61-57-108(11,92-24-16-19-27-101(92)111)69-74-37-52-102-97(65-74)105(5,6)55-59-110(102)80-44-50-88-85-46-35-72(63-93(85)106(7,8)96(88)68-80)29-28-70-32-38-75(39-33-70)81-51-53-98(89-21-13-12-20-84(81)89)112-60-56-104(3,4)91-23-15-18-26-100(91)112/h12-53,62-68H,54-61,69H2,1-11H3. The van der Waals surface area contributed by atoms with Gasteiger partial charge >= 0.3 is 0 Å². The lowest BCUT2D eigenvalue weighted by Gasteiger charge is -2.43. The van der Waals surface area contributed by atoms with Crippen molar-refractivity contribution in [3.05, 3.63) is 345 Å². The molecule has 552 valence electrons. The van der Waals surface area contributed by atoms with E-state index < -0.39 is 0 Å². The molecule has 1 unspecified atom stereocenters. The van der Waals surface area contributed by atoms with Crippen LogP contribution in [0.2, 0.25) is 0 Å². The molecular weight excluding hydrogens is 1350 g/mol. The smallest absolute Gasteiger partial charge is 0.0490 e. The third-order valence-corrected chi connectivity index (χ3v) is 27.6. The summed E-state index contributed by atoms with van der Waals surface area (Å²) in [5.41, 5.74) is 35.9. The fourth-order valence-corrected chi connectivity index (χ4v) is 20.8. The van der Waals surface area contributed by atoms with Gasteiger partial charge in [-0.25, -0.2) is 0 Å². The van der Waals surface area contributed by atoms with Crippen LogP contribution in [0.1, 0.15) is 174 Å². The number of nitrogens with zero attached hydrogens (tertiary/aromatic N) is 4. The zero-order valence-corrected chi connectivity index (χ0v) is 66.9. The molecule has 6 aliphatic rings. The highest BCUT2D eigenvalue weighted by Gasteiger charge is 2.42. The van der Waals surface area contributed by atoms with Crippen molar-refractivity contribution in [1.29, 1.82) is 0 Å². The summed E-state index contributed by atoms with van der Waals surface area (Å²) in [5, 5.41) is 7.68. The Hall–Kier alpha value is -11.5. The van der Waals surface area contributed by atoms with Crippen LogP contribution in [0.3, 0.4) is 0 Å². The van der Waals surface area contributed by atoms with Gasteiger partial charge in [0.1, 0.15) is 0 Å². The predicted molar refractivity (Wildman–Crippen MR) is 479 cm³/mol. The van der Waals surface area contributed by atoms with Crippen molar-refractivity contribution in [1.82, 2.24) is 0 Å². The van der Waals surface area contributed by atoms with Gasteiger partial charge in [-0.2, -0.15) is 0 Å². The van der Waals surface area contributed by atoms with Crippen molar-refractivity contribution in [3.63, 3.8) is 0 Å². The van der Waals surface area contributed by atoms with E-state index in [1.165, 1.54) is 184 Å². The van der Waals surface area contributed by atoms with Gasteiger partial charge in [-0.15, -0.1) is 0 Å². The van der Waals surface area contributed by atoms with Gasteiger partial charge in [0.25, 0.3) is 0 Å². The maximum Gasteiger partial charge on any atom is 0.0490 e. The largest absolute Gasteiger partial charge is 0.341 e. The van der Waals surface area contributed by atoms with E-state index in [0.717, 1.165) is 58.3 Å². The normalized spacial score (nSPS) is 18.5. The Kier molecular flexibility index (Phi) is 16.1. The molecule has 1 atom stereocenters. The minimum atomic E-state index is -0.166.